The predicted octanol–water partition coefficient (Wildman–Crippen LogP) is 1.67. The molecule has 0 radical (unpaired) electrons. The van der Waals surface area contributed by atoms with Gasteiger partial charge in [-0.25, -0.2) is 21.2 Å². The van der Waals surface area contributed by atoms with E-state index in [4.69, 9.17) is 4.74 Å². The number of fused-ring (bicyclic) bond motifs is 1. The van der Waals surface area contributed by atoms with E-state index in [2.05, 4.69) is 10.0 Å². The SMILES string of the molecule is Cc1ccc(NS(=O)(=O)c2cc(S(C)(=O)=O)cc3c2OCC(=O)N3)cc1F. The summed E-state index contributed by atoms with van der Waals surface area (Å²) in [5.74, 6) is -1.35. The van der Waals surface area contributed by atoms with Crippen molar-refractivity contribution in [3.05, 3.63) is 41.7 Å². The van der Waals surface area contributed by atoms with E-state index in [0.29, 0.717) is 5.56 Å². The molecule has 1 amide bonds. The Morgan fingerprint density at radius 1 is 1.15 bits per heavy atom. The Balaban J connectivity index is 2.14. The van der Waals surface area contributed by atoms with Crippen LogP contribution in [0.1, 0.15) is 5.56 Å². The number of ether oxygens (including phenoxy) is 1. The van der Waals surface area contributed by atoms with Crippen LogP contribution in [0.5, 0.6) is 5.75 Å². The van der Waals surface area contributed by atoms with Crippen LogP contribution in [-0.4, -0.2) is 35.6 Å². The maximum Gasteiger partial charge on any atom is 0.265 e. The molecule has 0 spiro atoms. The second-order valence-corrected chi connectivity index (χ2v) is 9.64. The summed E-state index contributed by atoms with van der Waals surface area (Å²) in [5.41, 5.74) is 0.210. The van der Waals surface area contributed by atoms with Gasteiger partial charge in [0.2, 0.25) is 0 Å². The summed E-state index contributed by atoms with van der Waals surface area (Å²) in [7, 11) is -8.12. The molecule has 1 heterocycles. The molecule has 144 valence electrons. The molecule has 0 aliphatic carbocycles. The number of carbonyl (C=O) groups is 1. The van der Waals surface area contributed by atoms with Crippen molar-refractivity contribution in [1.82, 2.24) is 0 Å². The third-order valence-corrected chi connectivity index (χ3v) is 6.27. The number of nitrogens with one attached hydrogen (secondary N) is 2. The molecule has 0 unspecified atom stereocenters. The number of anilines is 2. The summed E-state index contributed by atoms with van der Waals surface area (Å²) in [4.78, 5) is 10.7. The Morgan fingerprint density at radius 2 is 1.85 bits per heavy atom. The Kier molecular flexibility index (Phi) is 4.60. The van der Waals surface area contributed by atoms with Gasteiger partial charge in [0.25, 0.3) is 15.9 Å². The van der Waals surface area contributed by atoms with Crippen molar-refractivity contribution in [1.29, 1.82) is 0 Å². The Labute approximate surface area is 155 Å². The molecule has 11 heteroatoms. The molecule has 1 aliphatic rings. The molecule has 2 aromatic rings. The van der Waals surface area contributed by atoms with E-state index >= 15 is 0 Å². The number of rotatable bonds is 4. The molecule has 1 aliphatic heterocycles. The van der Waals surface area contributed by atoms with Crippen molar-refractivity contribution in [3.63, 3.8) is 0 Å². The van der Waals surface area contributed by atoms with Gasteiger partial charge in [-0.3, -0.25) is 9.52 Å². The van der Waals surface area contributed by atoms with E-state index in [-0.39, 0.29) is 22.0 Å². The van der Waals surface area contributed by atoms with Crippen molar-refractivity contribution in [2.75, 3.05) is 22.9 Å². The van der Waals surface area contributed by atoms with Crippen molar-refractivity contribution in [2.24, 2.45) is 0 Å². The summed E-state index contributed by atoms with van der Waals surface area (Å²) in [6, 6.07) is 5.81. The van der Waals surface area contributed by atoms with Crippen LogP contribution in [0.2, 0.25) is 0 Å². The molecule has 2 N–H and O–H groups in total. The third-order valence-electron chi connectivity index (χ3n) is 3.79. The van der Waals surface area contributed by atoms with Crippen LogP contribution in [0.15, 0.2) is 40.1 Å². The second-order valence-electron chi connectivity index (χ2n) is 5.98. The fourth-order valence-corrected chi connectivity index (χ4v) is 4.40. The average Bonchev–Trinajstić information content (AvgIpc) is 2.55. The highest BCUT2D eigenvalue weighted by molar-refractivity contribution is 7.93. The molecule has 0 saturated carbocycles. The minimum Gasteiger partial charge on any atom is -0.480 e. The number of halogens is 1. The number of hydrogen-bond acceptors (Lipinski definition) is 6. The normalized spacial score (nSPS) is 14.1. The molecular weight excluding hydrogens is 399 g/mol. The smallest absolute Gasteiger partial charge is 0.265 e. The minimum absolute atomic E-state index is 0.0450. The molecule has 0 fully saturated rings. The van der Waals surface area contributed by atoms with Crippen molar-refractivity contribution < 1.29 is 30.8 Å². The molecule has 8 nitrogen and oxygen atoms in total. The number of hydrogen-bond donors (Lipinski definition) is 2. The zero-order valence-corrected chi connectivity index (χ0v) is 15.9. The summed E-state index contributed by atoms with van der Waals surface area (Å²) < 4.78 is 70.5. The van der Waals surface area contributed by atoms with Crippen LogP contribution in [0.25, 0.3) is 0 Å². The Bertz CT molecular complexity index is 1160. The number of benzene rings is 2. The fourth-order valence-electron chi connectivity index (χ4n) is 2.42. The van der Waals surface area contributed by atoms with E-state index in [0.717, 1.165) is 24.5 Å². The van der Waals surface area contributed by atoms with Gasteiger partial charge in [0.1, 0.15) is 10.7 Å². The summed E-state index contributed by atoms with van der Waals surface area (Å²) in [5, 5.41) is 2.38. The van der Waals surface area contributed by atoms with Crippen LogP contribution in [0.4, 0.5) is 15.8 Å². The topological polar surface area (TPSA) is 119 Å². The molecular formula is C16H15FN2O6S2. The number of sulfone groups is 1. The second kappa shape index (κ2) is 6.50. The zero-order valence-electron chi connectivity index (χ0n) is 14.2. The van der Waals surface area contributed by atoms with Gasteiger partial charge in [-0.2, -0.15) is 0 Å². The van der Waals surface area contributed by atoms with Crippen molar-refractivity contribution in [2.45, 2.75) is 16.7 Å². The van der Waals surface area contributed by atoms with Crippen molar-refractivity contribution >= 4 is 37.1 Å². The van der Waals surface area contributed by atoms with Crippen LogP contribution < -0.4 is 14.8 Å². The van der Waals surface area contributed by atoms with E-state index in [9.17, 15) is 26.0 Å². The van der Waals surface area contributed by atoms with E-state index < -0.39 is 43.1 Å². The molecule has 27 heavy (non-hydrogen) atoms. The summed E-state index contributed by atoms with van der Waals surface area (Å²) in [6.07, 6.45) is 0.902. The molecule has 0 saturated heterocycles. The van der Waals surface area contributed by atoms with Gasteiger partial charge in [-0.1, -0.05) is 6.07 Å². The van der Waals surface area contributed by atoms with Crippen LogP contribution in [0.3, 0.4) is 0 Å². The van der Waals surface area contributed by atoms with E-state index in [1.165, 1.54) is 19.1 Å². The highest BCUT2D eigenvalue weighted by Crippen LogP contribution is 2.38. The van der Waals surface area contributed by atoms with Gasteiger partial charge in [0.15, 0.2) is 22.2 Å². The molecule has 0 aromatic heterocycles. The lowest BCUT2D eigenvalue weighted by molar-refractivity contribution is -0.118. The highest BCUT2D eigenvalue weighted by Gasteiger charge is 2.29. The molecule has 0 atom stereocenters. The number of aryl methyl sites for hydroxylation is 1. The average molecular weight is 414 g/mol. The lowest BCUT2D eigenvalue weighted by atomic mass is 10.2. The first kappa shape index (κ1) is 19.1. The zero-order chi connectivity index (χ0) is 20.0. The molecule has 0 bridgehead atoms. The maximum absolute atomic E-state index is 13.7. The third kappa shape index (κ3) is 3.88. The van der Waals surface area contributed by atoms with Gasteiger partial charge in [0, 0.05) is 6.26 Å². The number of carbonyl (C=O) groups excluding carboxylic acids is 1. The first-order valence-corrected chi connectivity index (χ1v) is 10.9. The molecule has 2 aromatic carbocycles. The van der Waals surface area contributed by atoms with Gasteiger partial charge < -0.3 is 10.1 Å². The number of sulfonamides is 1. The first-order valence-electron chi connectivity index (χ1n) is 7.57. The van der Waals surface area contributed by atoms with Gasteiger partial charge >= 0.3 is 0 Å². The number of amides is 1. The van der Waals surface area contributed by atoms with Crippen molar-refractivity contribution in [3.8, 4) is 5.75 Å². The van der Waals surface area contributed by atoms with Crippen LogP contribution >= 0.6 is 0 Å². The van der Waals surface area contributed by atoms with E-state index in [1.54, 1.807) is 0 Å². The monoisotopic (exact) mass is 414 g/mol. The summed E-state index contributed by atoms with van der Waals surface area (Å²) in [6.45, 7) is 1.10. The maximum atomic E-state index is 13.7. The predicted molar refractivity (Wildman–Crippen MR) is 95.6 cm³/mol. The van der Waals surface area contributed by atoms with Crippen LogP contribution in [0, 0.1) is 12.7 Å². The Morgan fingerprint density at radius 3 is 2.48 bits per heavy atom. The lowest BCUT2D eigenvalue weighted by Gasteiger charge is -2.22. The highest BCUT2D eigenvalue weighted by atomic mass is 32.2. The minimum atomic E-state index is -4.34. The largest absolute Gasteiger partial charge is 0.480 e. The van der Waals surface area contributed by atoms with Gasteiger partial charge in [-0.05, 0) is 36.8 Å². The Hall–Kier alpha value is -2.66. The summed E-state index contributed by atoms with van der Waals surface area (Å²) >= 11 is 0. The van der Waals surface area contributed by atoms with E-state index in [1.807, 2.05) is 0 Å². The fraction of sp³-hybridized carbons (Fsp3) is 0.188. The first-order chi connectivity index (χ1) is 12.5. The van der Waals surface area contributed by atoms with Crippen LogP contribution in [-0.2, 0) is 24.7 Å². The standard InChI is InChI=1S/C16H15FN2O6S2/c1-9-3-4-10(5-12(9)17)19-27(23,24)14-7-11(26(2,21)22)6-13-16(14)25-8-15(20)18-13/h3-7,19H,8H2,1-2H3,(H,18,20). The lowest BCUT2D eigenvalue weighted by Crippen LogP contribution is -2.27. The van der Waals surface area contributed by atoms with Gasteiger partial charge in [0.05, 0.1) is 16.3 Å². The quantitative estimate of drug-likeness (QED) is 0.786. The molecule has 3 rings (SSSR count). The van der Waals surface area contributed by atoms with Gasteiger partial charge in [-0.15, -0.1) is 0 Å².